The van der Waals surface area contributed by atoms with Gasteiger partial charge in [0.05, 0.1) is 6.10 Å². The van der Waals surface area contributed by atoms with Crippen LogP contribution in [0.15, 0.2) is 30.4 Å². The van der Waals surface area contributed by atoms with Gasteiger partial charge in [-0.2, -0.15) is 0 Å². The molecule has 0 aliphatic heterocycles. The largest absolute Gasteiger partial charge is 0.508 e. The van der Waals surface area contributed by atoms with Crippen LogP contribution in [0.3, 0.4) is 0 Å². The van der Waals surface area contributed by atoms with Crippen molar-refractivity contribution in [2.24, 2.45) is 17.3 Å². The summed E-state index contributed by atoms with van der Waals surface area (Å²) in [6.45, 7) is 2.39. The molecule has 0 spiro atoms. The Morgan fingerprint density at radius 1 is 1.25 bits per heavy atom. The van der Waals surface area contributed by atoms with Gasteiger partial charge in [-0.3, -0.25) is 0 Å². The van der Waals surface area contributed by atoms with E-state index in [1.807, 2.05) is 6.07 Å². The molecule has 3 aliphatic carbocycles. The number of allylic oxidation sites excluding steroid dienone is 2. The normalized spacial score (nSPS) is 41.9. The molecule has 0 bridgehead atoms. The monoisotopic (exact) mass is 270 g/mol. The summed E-state index contributed by atoms with van der Waals surface area (Å²) in [7, 11) is 0. The minimum atomic E-state index is -0.415. The second kappa shape index (κ2) is 4.11. The van der Waals surface area contributed by atoms with Crippen molar-refractivity contribution in [2.75, 3.05) is 0 Å². The Bertz CT molecular complexity index is 577. The van der Waals surface area contributed by atoms with Crippen LogP contribution in [-0.2, 0) is 0 Å². The van der Waals surface area contributed by atoms with Gasteiger partial charge >= 0.3 is 0 Å². The van der Waals surface area contributed by atoms with Gasteiger partial charge in [-0.1, -0.05) is 25.1 Å². The second-order valence-electron chi connectivity index (χ2n) is 7.12. The molecule has 3 aliphatic rings. The number of phenols is 1. The van der Waals surface area contributed by atoms with Gasteiger partial charge < -0.3 is 10.2 Å². The lowest BCUT2D eigenvalue weighted by Gasteiger charge is -2.49. The van der Waals surface area contributed by atoms with Gasteiger partial charge in [0, 0.05) is 0 Å². The molecule has 2 N–H and O–H groups in total. The molecule has 0 aromatic heterocycles. The highest BCUT2D eigenvalue weighted by Gasteiger charge is 2.49. The number of hydrogen-bond acceptors (Lipinski definition) is 2. The number of fused-ring (bicyclic) bond motifs is 5. The summed E-state index contributed by atoms with van der Waals surface area (Å²) >= 11 is 0. The minimum absolute atomic E-state index is 0.268. The first-order valence-electron chi connectivity index (χ1n) is 7.77. The maximum absolute atomic E-state index is 10.5. The van der Waals surface area contributed by atoms with Crippen molar-refractivity contribution in [2.45, 2.75) is 44.6 Å². The molecule has 0 amide bonds. The molecule has 0 saturated heterocycles. The lowest BCUT2D eigenvalue weighted by molar-refractivity contribution is 0.0311. The molecule has 0 radical (unpaired) electrons. The summed E-state index contributed by atoms with van der Waals surface area (Å²) in [5.74, 6) is 2.09. The molecular formula is C18H22O2. The maximum atomic E-state index is 10.5. The molecule has 5 unspecified atom stereocenters. The van der Waals surface area contributed by atoms with E-state index in [2.05, 4.69) is 19.1 Å². The van der Waals surface area contributed by atoms with E-state index in [0.717, 1.165) is 18.4 Å². The zero-order valence-electron chi connectivity index (χ0n) is 11.9. The molecule has 1 aromatic carbocycles. The summed E-state index contributed by atoms with van der Waals surface area (Å²) in [5, 5.41) is 20.2. The van der Waals surface area contributed by atoms with E-state index in [4.69, 9.17) is 0 Å². The van der Waals surface area contributed by atoms with E-state index < -0.39 is 6.10 Å². The number of aliphatic hydroxyl groups excluding tert-OH is 1. The van der Waals surface area contributed by atoms with Gasteiger partial charge in [-0.05, 0) is 72.1 Å². The van der Waals surface area contributed by atoms with E-state index in [1.54, 1.807) is 12.1 Å². The van der Waals surface area contributed by atoms with Crippen LogP contribution in [0.4, 0.5) is 0 Å². The highest BCUT2D eigenvalue weighted by Crippen LogP contribution is 2.60. The van der Waals surface area contributed by atoms with Crippen molar-refractivity contribution in [3.05, 3.63) is 41.5 Å². The number of aliphatic hydroxyl groups is 1. The lowest BCUT2D eigenvalue weighted by atomic mass is 9.55. The molecule has 20 heavy (non-hydrogen) atoms. The molecular weight excluding hydrogens is 248 g/mol. The molecule has 1 aromatic rings. The number of aromatic hydroxyl groups is 1. The fourth-order valence-electron chi connectivity index (χ4n) is 5.06. The van der Waals surface area contributed by atoms with Crippen LogP contribution < -0.4 is 0 Å². The predicted octanol–water partition coefficient (Wildman–Crippen LogP) is 3.91. The number of hydrogen-bond donors (Lipinski definition) is 2. The molecule has 1 fully saturated rings. The van der Waals surface area contributed by atoms with Crippen molar-refractivity contribution in [3.8, 4) is 5.75 Å². The Morgan fingerprint density at radius 2 is 2.10 bits per heavy atom. The van der Waals surface area contributed by atoms with Gasteiger partial charge in [0.25, 0.3) is 0 Å². The topological polar surface area (TPSA) is 40.5 Å². The van der Waals surface area contributed by atoms with Crippen molar-refractivity contribution in [1.29, 1.82) is 0 Å². The Morgan fingerprint density at radius 3 is 2.95 bits per heavy atom. The number of rotatable bonds is 0. The van der Waals surface area contributed by atoms with Crippen LogP contribution in [0.25, 0.3) is 0 Å². The van der Waals surface area contributed by atoms with Crippen LogP contribution in [0.2, 0.25) is 0 Å². The average molecular weight is 270 g/mol. The first-order chi connectivity index (χ1) is 9.58. The van der Waals surface area contributed by atoms with Crippen LogP contribution in [0, 0.1) is 17.3 Å². The SMILES string of the molecule is CC12C=CCC1C1CC(O)c3cc(O)ccc3C1CC2. The van der Waals surface area contributed by atoms with Gasteiger partial charge in [0.1, 0.15) is 5.75 Å². The average Bonchev–Trinajstić information content (AvgIpc) is 2.81. The number of phenolic OH excluding ortho intramolecular Hbond substituents is 1. The van der Waals surface area contributed by atoms with E-state index >= 15 is 0 Å². The summed E-state index contributed by atoms with van der Waals surface area (Å²) in [6.07, 6.45) is 8.79. The molecule has 1 saturated carbocycles. The third-order valence-corrected chi connectivity index (χ3v) is 6.09. The molecule has 106 valence electrons. The first kappa shape index (κ1) is 12.5. The van der Waals surface area contributed by atoms with Crippen molar-refractivity contribution >= 4 is 0 Å². The van der Waals surface area contributed by atoms with Gasteiger partial charge in [-0.15, -0.1) is 0 Å². The predicted molar refractivity (Wildman–Crippen MR) is 78.5 cm³/mol. The fourth-order valence-corrected chi connectivity index (χ4v) is 5.06. The smallest absolute Gasteiger partial charge is 0.115 e. The highest BCUT2D eigenvalue weighted by molar-refractivity contribution is 5.41. The third-order valence-electron chi connectivity index (χ3n) is 6.09. The van der Waals surface area contributed by atoms with Gasteiger partial charge in [0.15, 0.2) is 0 Å². The molecule has 4 rings (SSSR count). The zero-order chi connectivity index (χ0) is 13.9. The Labute approximate surface area is 120 Å². The van der Waals surface area contributed by atoms with Crippen LogP contribution in [-0.4, -0.2) is 10.2 Å². The van der Waals surface area contributed by atoms with E-state index in [0.29, 0.717) is 23.2 Å². The Balaban J connectivity index is 1.77. The molecule has 2 nitrogen and oxygen atoms in total. The maximum Gasteiger partial charge on any atom is 0.115 e. The Hall–Kier alpha value is -1.28. The first-order valence-corrected chi connectivity index (χ1v) is 7.77. The third kappa shape index (κ3) is 1.61. The van der Waals surface area contributed by atoms with E-state index in [9.17, 15) is 10.2 Å². The lowest BCUT2D eigenvalue weighted by Crippen LogP contribution is -2.40. The summed E-state index contributed by atoms with van der Waals surface area (Å²) in [4.78, 5) is 0. The van der Waals surface area contributed by atoms with Crippen molar-refractivity contribution in [1.82, 2.24) is 0 Å². The summed E-state index contributed by atoms with van der Waals surface area (Å²) in [6, 6.07) is 5.57. The molecule has 5 atom stereocenters. The van der Waals surface area contributed by atoms with Crippen LogP contribution in [0.1, 0.15) is 55.8 Å². The van der Waals surface area contributed by atoms with Crippen molar-refractivity contribution in [3.63, 3.8) is 0 Å². The van der Waals surface area contributed by atoms with Crippen LogP contribution in [0.5, 0.6) is 5.75 Å². The Kier molecular flexibility index (Phi) is 2.56. The van der Waals surface area contributed by atoms with E-state index in [1.165, 1.54) is 18.4 Å². The fraction of sp³-hybridized carbons (Fsp3) is 0.556. The molecule has 2 heteroatoms. The van der Waals surface area contributed by atoms with Crippen molar-refractivity contribution < 1.29 is 10.2 Å². The summed E-state index contributed by atoms with van der Waals surface area (Å²) < 4.78 is 0. The van der Waals surface area contributed by atoms with Crippen LogP contribution >= 0.6 is 0 Å². The zero-order valence-corrected chi connectivity index (χ0v) is 11.9. The van der Waals surface area contributed by atoms with Gasteiger partial charge in [0.2, 0.25) is 0 Å². The standard InChI is InChI=1S/C18H22O2/c1-18-7-2-3-16(18)14-10-17(20)15-9-11(19)4-5-12(15)13(14)6-8-18/h2,4-5,7,9,13-14,16-17,19-20H,3,6,8,10H2,1H3. The minimum Gasteiger partial charge on any atom is -0.508 e. The summed E-state index contributed by atoms with van der Waals surface area (Å²) in [5.41, 5.74) is 2.58. The van der Waals surface area contributed by atoms with E-state index in [-0.39, 0.29) is 5.75 Å². The highest BCUT2D eigenvalue weighted by atomic mass is 16.3. The number of benzene rings is 1. The second-order valence-corrected chi connectivity index (χ2v) is 7.12. The quantitative estimate of drug-likeness (QED) is 0.702. The molecule has 0 heterocycles. The van der Waals surface area contributed by atoms with Gasteiger partial charge in [-0.25, -0.2) is 0 Å².